The molecule has 30 heavy (non-hydrogen) atoms. The van der Waals surface area contributed by atoms with Crippen molar-refractivity contribution in [3.63, 3.8) is 0 Å². The Kier molecular flexibility index (Phi) is 5.89. The van der Waals surface area contributed by atoms with Gasteiger partial charge in [0.2, 0.25) is 5.91 Å². The van der Waals surface area contributed by atoms with Crippen molar-refractivity contribution in [2.75, 3.05) is 5.32 Å². The Balaban J connectivity index is 1.88. The number of imidazole rings is 1. The zero-order valence-corrected chi connectivity index (χ0v) is 17.5. The van der Waals surface area contributed by atoms with Gasteiger partial charge in [0.25, 0.3) is 0 Å². The number of nitrogens with zero attached hydrogens (tertiary/aromatic N) is 5. The number of aryl methyl sites for hydroxylation is 1. The maximum absolute atomic E-state index is 12.9. The second kappa shape index (κ2) is 8.10. The fourth-order valence-corrected chi connectivity index (χ4v) is 3.16. The first-order valence-corrected chi connectivity index (χ1v) is 9.52. The van der Waals surface area contributed by atoms with Gasteiger partial charge in [-0.25, -0.2) is 9.67 Å². The van der Waals surface area contributed by atoms with Crippen LogP contribution in [0.5, 0.6) is 0 Å². The number of halogens is 4. The molecule has 0 bridgehead atoms. The lowest BCUT2D eigenvalue weighted by molar-refractivity contribution is -0.141. The zero-order chi connectivity index (χ0) is 22.2. The summed E-state index contributed by atoms with van der Waals surface area (Å²) >= 11 is 5.93. The van der Waals surface area contributed by atoms with E-state index < -0.39 is 23.8 Å². The maximum Gasteiger partial charge on any atom is 0.434 e. The molecule has 0 radical (unpaired) electrons. The minimum absolute atomic E-state index is 0.0481. The second-order valence-corrected chi connectivity index (χ2v) is 7.55. The van der Waals surface area contributed by atoms with Crippen molar-refractivity contribution in [2.45, 2.75) is 45.8 Å². The van der Waals surface area contributed by atoms with E-state index in [-0.39, 0.29) is 17.6 Å². The maximum atomic E-state index is 12.9. The van der Waals surface area contributed by atoms with Gasteiger partial charge < -0.3 is 9.88 Å². The van der Waals surface area contributed by atoms with Crippen LogP contribution in [0.4, 0.5) is 19.0 Å². The van der Waals surface area contributed by atoms with Crippen LogP contribution < -0.4 is 5.32 Å². The summed E-state index contributed by atoms with van der Waals surface area (Å²) in [7, 11) is 0. The molecule has 1 N–H and O–H groups in total. The minimum atomic E-state index is -4.59. The molecule has 2 heterocycles. The molecule has 1 unspecified atom stereocenters. The van der Waals surface area contributed by atoms with Crippen LogP contribution >= 0.6 is 11.6 Å². The van der Waals surface area contributed by atoms with E-state index in [1.54, 1.807) is 28.9 Å². The standard InChI is InChI=1S/C19H20ClF3N6O/c1-10(2)16-17(26-27-29(16)14-7-5-13(20)6-8-14)25-18(30)11(3)28-9-15(19(21,22)23)24-12(28)4/h5-11H,1-4H3,(H,25,30). The summed E-state index contributed by atoms with van der Waals surface area (Å²) in [6.07, 6.45) is -3.76. The quantitative estimate of drug-likeness (QED) is 0.620. The van der Waals surface area contributed by atoms with Crippen LogP contribution in [0.15, 0.2) is 30.5 Å². The van der Waals surface area contributed by atoms with Crippen LogP contribution in [-0.2, 0) is 11.0 Å². The highest BCUT2D eigenvalue weighted by Crippen LogP contribution is 2.30. The molecule has 0 saturated heterocycles. The van der Waals surface area contributed by atoms with E-state index >= 15 is 0 Å². The highest BCUT2D eigenvalue weighted by Gasteiger charge is 2.35. The van der Waals surface area contributed by atoms with Crippen LogP contribution in [0.25, 0.3) is 5.69 Å². The summed E-state index contributed by atoms with van der Waals surface area (Å²) in [5.41, 5.74) is 0.317. The van der Waals surface area contributed by atoms with Crippen LogP contribution in [0.3, 0.4) is 0 Å². The van der Waals surface area contributed by atoms with Gasteiger partial charge in [-0.1, -0.05) is 30.7 Å². The van der Waals surface area contributed by atoms with Crippen LogP contribution in [0.1, 0.15) is 49.9 Å². The highest BCUT2D eigenvalue weighted by atomic mass is 35.5. The monoisotopic (exact) mass is 440 g/mol. The molecule has 3 aromatic rings. The molecule has 0 fully saturated rings. The van der Waals surface area contributed by atoms with Crippen molar-refractivity contribution >= 4 is 23.3 Å². The lowest BCUT2D eigenvalue weighted by Crippen LogP contribution is -2.25. The molecule has 11 heteroatoms. The Labute approximate surface area is 175 Å². The van der Waals surface area contributed by atoms with Crippen molar-refractivity contribution in [1.82, 2.24) is 24.5 Å². The Hall–Kier alpha value is -2.88. The largest absolute Gasteiger partial charge is 0.434 e. The van der Waals surface area contributed by atoms with Gasteiger partial charge in [0, 0.05) is 11.2 Å². The molecule has 2 aromatic heterocycles. The molecule has 0 saturated carbocycles. The SMILES string of the molecule is Cc1nc(C(F)(F)F)cn1C(C)C(=O)Nc1nnn(-c2ccc(Cl)cc2)c1C(C)C. The molecule has 160 valence electrons. The van der Waals surface area contributed by atoms with Gasteiger partial charge >= 0.3 is 6.18 Å². The molecule has 0 aliphatic rings. The van der Waals surface area contributed by atoms with Crippen LogP contribution in [0.2, 0.25) is 5.02 Å². The third-order valence-corrected chi connectivity index (χ3v) is 4.82. The predicted molar refractivity (Wildman–Crippen MR) is 106 cm³/mol. The number of aromatic nitrogens is 5. The Morgan fingerprint density at radius 1 is 1.17 bits per heavy atom. The highest BCUT2D eigenvalue weighted by molar-refractivity contribution is 6.30. The Bertz CT molecular complexity index is 1060. The number of rotatable bonds is 5. The second-order valence-electron chi connectivity index (χ2n) is 7.11. The van der Waals surface area contributed by atoms with Gasteiger partial charge in [0.1, 0.15) is 11.9 Å². The number of amides is 1. The van der Waals surface area contributed by atoms with Gasteiger partial charge in [-0.05, 0) is 44.0 Å². The molecular weight excluding hydrogens is 421 g/mol. The van der Waals surface area contributed by atoms with Gasteiger partial charge in [0.05, 0.1) is 11.4 Å². The van der Waals surface area contributed by atoms with Crippen LogP contribution in [0, 0.1) is 6.92 Å². The number of hydrogen-bond donors (Lipinski definition) is 1. The lowest BCUT2D eigenvalue weighted by Gasteiger charge is -2.16. The van der Waals surface area contributed by atoms with E-state index in [1.165, 1.54) is 18.4 Å². The van der Waals surface area contributed by atoms with E-state index in [0.29, 0.717) is 16.4 Å². The van der Waals surface area contributed by atoms with Gasteiger partial charge in [-0.3, -0.25) is 4.79 Å². The molecule has 3 rings (SSSR count). The zero-order valence-electron chi connectivity index (χ0n) is 16.7. The van der Waals surface area contributed by atoms with Crippen molar-refractivity contribution < 1.29 is 18.0 Å². The summed E-state index contributed by atoms with van der Waals surface area (Å²) in [5, 5.41) is 11.4. The third kappa shape index (κ3) is 4.33. The van der Waals surface area contributed by atoms with Crippen molar-refractivity contribution in [2.24, 2.45) is 0 Å². The fourth-order valence-electron chi connectivity index (χ4n) is 3.03. The lowest BCUT2D eigenvalue weighted by atomic mass is 10.1. The van der Waals surface area contributed by atoms with Crippen molar-refractivity contribution in [3.8, 4) is 5.69 Å². The smallest absolute Gasteiger partial charge is 0.322 e. The Morgan fingerprint density at radius 2 is 1.80 bits per heavy atom. The average Bonchev–Trinajstić information content (AvgIpc) is 3.25. The first-order valence-electron chi connectivity index (χ1n) is 9.14. The number of nitrogens with one attached hydrogen (secondary N) is 1. The van der Waals surface area contributed by atoms with Gasteiger partial charge in [-0.2, -0.15) is 13.2 Å². The molecular formula is C19H20ClF3N6O. The summed E-state index contributed by atoms with van der Waals surface area (Å²) in [6.45, 7) is 6.73. The number of carbonyl (C=O) groups is 1. The Morgan fingerprint density at radius 3 is 2.33 bits per heavy atom. The molecule has 7 nitrogen and oxygen atoms in total. The van der Waals surface area contributed by atoms with Crippen molar-refractivity contribution in [1.29, 1.82) is 0 Å². The summed E-state index contributed by atoms with van der Waals surface area (Å²) in [4.78, 5) is 16.3. The number of hydrogen-bond acceptors (Lipinski definition) is 4. The van der Waals surface area contributed by atoms with E-state index in [2.05, 4.69) is 20.6 Å². The van der Waals surface area contributed by atoms with E-state index in [4.69, 9.17) is 11.6 Å². The molecule has 1 amide bonds. The van der Waals surface area contributed by atoms with E-state index in [9.17, 15) is 18.0 Å². The van der Waals surface area contributed by atoms with E-state index in [0.717, 1.165) is 6.20 Å². The first kappa shape index (κ1) is 21.8. The summed E-state index contributed by atoms with van der Waals surface area (Å²) in [6, 6.07) is 6.02. The minimum Gasteiger partial charge on any atom is -0.322 e. The fraction of sp³-hybridized carbons (Fsp3) is 0.368. The van der Waals surface area contributed by atoms with E-state index in [1.807, 2.05) is 13.8 Å². The number of carbonyl (C=O) groups excluding carboxylic acids is 1. The molecule has 0 aliphatic heterocycles. The molecule has 0 spiro atoms. The number of anilines is 1. The molecule has 0 aliphatic carbocycles. The molecule has 1 aromatic carbocycles. The molecule has 1 atom stereocenters. The summed E-state index contributed by atoms with van der Waals surface area (Å²) < 4.78 is 41.5. The average molecular weight is 441 g/mol. The predicted octanol–water partition coefficient (Wildman–Crippen LogP) is 4.77. The topological polar surface area (TPSA) is 77.6 Å². The number of benzene rings is 1. The van der Waals surface area contributed by atoms with Crippen molar-refractivity contribution in [3.05, 3.63) is 52.7 Å². The van der Waals surface area contributed by atoms with Crippen LogP contribution in [-0.4, -0.2) is 30.5 Å². The first-order chi connectivity index (χ1) is 14.0. The van der Waals surface area contributed by atoms with Gasteiger partial charge in [-0.15, -0.1) is 5.10 Å². The normalized spacial score (nSPS) is 13.0. The number of alkyl halides is 3. The summed E-state index contributed by atoms with van der Waals surface area (Å²) in [5.74, 6) is -0.258. The van der Waals surface area contributed by atoms with Gasteiger partial charge in [0.15, 0.2) is 11.5 Å². The third-order valence-electron chi connectivity index (χ3n) is 4.57.